The first kappa shape index (κ1) is 13.0. The third-order valence-electron chi connectivity index (χ3n) is 2.90. The van der Waals surface area contributed by atoms with Crippen LogP contribution in [0.3, 0.4) is 0 Å². The number of rotatable bonds is 3. The van der Waals surface area contributed by atoms with Gasteiger partial charge in [0.2, 0.25) is 0 Å². The van der Waals surface area contributed by atoms with Crippen LogP contribution in [0.15, 0.2) is 36.4 Å². The van der Waals surface area contributed by atoms with Gasteiger partial charge < -0.3 is 15.4 Å². The molecular weight excluding hydrogens is 226 g/mol. The summed E-state index contributed by atoms with van der Waals surface area (Å²) in [5.41, 5.74) is 2.70. The van der Waals surface area contributed by atoms with E-state index >= 15 is 0 Å². The number of hydrogen-bond donors (Lipinski definition) is 1. The average Bonchev–Trinajstić information content (AvgIpc) is 2.50. The lowest BCUT2D eigenvalue weighted by Crippen LogP contribution is -2.44. The normalized spacial score (nSPS) is 17.3. The molecule has 96 valence electrons. The Morgan fingerprint density at radius 3 is 2.06 bits per heavy atom. The van der Waals surface area contributed by atoms with Gasteiger partial charge in [-0.05, 0) is 44.1 Å². The van der Waals surface area contributed by atoms with Gasteiger partial charge in [0.05, 0.1) is 0 Å². The topological polar surface area (TPSA) is 44.3 Å². The van der Waals surface area contributed by atoms with E-state index < -0.39 is 11.3 Å². The quantitative estimate of drug-likeness (QED) is 0.655. The number of ether oxygens (including phenoxy) is 1. The minimum Gasteiger partial charge on any atom is -0.786 e. The van der Waals surface area contributed by atoms with E-state index in [-0.39, 0.29) is 0 Å². The molecule has 0 amide bonds. The second-order valence-electron chi connectivity index (χ2n) is 5.19. The van der Waals surface area contributed by atoms with E-state index in [1.54, 1.807) is 13.8 Å². The number of fused-ring (bicyclic) bond motifs is 1. The standard InChI is InChI=1S/C15H18NO2/c1-14(2,16-17)18-15(3)10-8-12-6-4-5-7-13(12)9-11-15/h4-11,16H,1-3H3/q-1. The second kappa shape index (κ2) is 4.69. The highest BCUT2D eigenvalue weighted by Gasteiger charge is 2.27. The average molecular weight is 244 g/mol. The van der Waals surface area contributed by atoms with Crippen LogP contribution in [-0.2, 0) is 4.74 Å². The van der Waals surface area contributed by atoms with Gasteiger partial charge >= 0.3 is 0 Å². The zero-order valence-corrected chi connectivity index (χ0v) is 10.9. The van der Waals surface area contributed by atoms with Crippen molar-refractivity contribution in [2.75, 3.05) is 0 Å². The Bertz CT molecular complexity index is 456. The van der Waals surface area contributed by atoms with Crippen LogP contribution in [0.1, 0.15) is 31.9 Å². The molecule has 0 atom stereocenters. The molecule has 2 rings (SSSR count). The summed E-state index contributed by atoms with van der Waals surface area (Å²) in [7, 11) is 0. The van der Waals surface area contributed by atoms with Crippen molar-refractivity contribution < 1.29 is 4.74 Å². The first-order chi connectivity index (χ1) is 8.44. The van der Waals surface area contributed by atoms with E-state index in [0.29, 0.717) is 0 Å². The predicted molar refractivity (Wildman–Crippen MR) is 74.6 cm³/mol. The molecule has 0 aliphatic heterocycles. The van der Waals surface area contributed by atoms with Crippen molar-refractivity contribution in [1.29, 1.82) is 0 Å². The summed E-state index contributed by atoms with van der Waals surface area (Å²) in [6, 6.07) is 8.12. The molecule has 0 heterocycles. The highest BCUT2D eigenvalue weighted by atomic mass is 16.6. The minimum atomic E-state index is -0.917. The number of nitrogens with one attached hydrogen (secondary N) is 1. The van der Waals surface area contributed by atoms with Gasteiger partial charge in [0.25, 0.3) is 0 Å². The molecule has 0 aromatic heterocycles. The monoisotopic (exact) mass is 244 g/mol. The van der Waals surface area contributed by atoms with Gasteiger partial charge in [-0.2, -0.15) is 0 Å². The van der Waals surface area contributed by atoms with Crippen LogP contribution in [-0.4, -0.2) is 11.3 Å². The molecule has 1 N–H and O–H groups in total. The Balaban J connectivity index is 2.29. The minimum absolute atomic E-state index is 0.597. The van der Waals surface area contributed by atoms with Crippen molar-refractivity contribution in [1.82, 2.24) is 5.48 Å². The van der Waals surface area contributed by atoms with Crippen LogP contribution in [0.2, 0.25) is 0 Å². The molecule has 0 fully saturated rings. The largest absolute Gasteiger partial charge is 0.786 e. The van der Waals surface area contributed by atoms with E-state index in [1.807, 2.05) is 48.8 Å². The maximum Gasteiger partial charge on any atom is 0.104 e. The molecule has 1 aromatic carbocycles. The number of hydroxylamine groups is 1. The predicted octanol–water partition coefficient (Wildman–Crippen LogP) is 3.33. The zero-order chi connectivity index (χ0) is 13.2. The van der Waals surface area contributed by atoms with Crippen molar-refractivity contribution in [3.63, 3.8) is 0 Å². The zero-order valence-electron chi connectivity index (χ0n) is 10.9. The highest BCUT2D eigenvalue weighted by Crippen LogP contribution is 2.27. The lowest BCUT2D eigenvalue weighted by atomic mass is 10.1. The SMILES string of the molecule is CC1(OC(C)(C)N[O-])C=Cc2ccccc2C=C1. The number of benzene rings is 1. The molecule has 1 aliphatic carbocycles. The van der Waals surface area contributed by atoms with E-state index in [9.17, 15) is 5.21 Å². The van der Waals surface area contributed by atoms with Gasteiger partial charge in [-0.25, -0.2) is 0 Å². The lowest BCUT2D eigenvalue weighted by Gasteiger charge is -2.37. The van der Waals surface area contributed by atoms with Crippen LogP contribution >= 0.6 is 0 Å². The second-order valence-corrected chi connectivity index (χ2v) is 5.19. The van der Waals surface area contributed by atoms with E-state index in [1.165, 1.54) is 0 Å². The summed E-state index contributed by atoms with van der Waals surface area (Å²) in [5.74, 6) is 0. The molecule has 0 spiro atoms. The Labute approximate surface area is 108 Å². The Hall–Kier alpha value is -1.42. The van der Waals surface area contributed by atoms with Crippen LogP contribution in [0.25, 0.3) is 12.2 Å². The number of hydrogen-bond acceptors (Lipinski definition) is 3. The van der Waals surface area contributed by atoms with Crippen LogP contribution < -0.4 is 5.48 Å². The lowest BCUT2D eigenvalue weighted by molar-refractivity contribution is -0.0936. The molecule has 0 bridgehead atoms. The van der Waals surface area contributed by atoms with Crippen molar-refractivity contribution in [2.45, 2.75) is 32.1 Å². The highest BCUT2D eigenvalue weighted by molar-refractivity contribution is 5.69. The van der Waals surface area contributed by atoms with Gasteiger partial charge in [0, 0.05) is 0 Å². The van der Waals surface area contributed by atoms with Crippen molar-refractivity contribution >= 4 is 12.2 Å². The fraction of sp³-hybridized carbons (Fsp3) is 0.333. The van der Waals surface area contributed by atoms with E-state index in [0.717, 1.165) is 11.1 Å². The van der Waals surface area contributed by atoms with Gasteiger partial charge in [0.1, 0.15) is 11.3 Å². The molecule has 3 nitrogen and oxygen atoms in total. The molecule has 1 aromatic rings. The Kier molecular flexibility index (Phi) is 3.39. The van der Waals surface area contributed by atoms with Gasteiger partial charge in [-0.3, -0.25) is 0 Å². The first-order valence-corrected chi connectivity index (χ1v) is 6.01. The molecule has 0 unspecified atom stereocenters. The van der Waals surface area contributed by atoms with Gasteiger partial charge in [-0.1, -0.05) is 36.4 Å². The van der Waals surface area contributed by atoms with Gasteiger partial charge in [0.15, 0.2) is 0 Å². The summed E-state index contributed by atoms with van der Waals surface area (Å²) in [6.07, 6.45) is 7.98. The maximum absolute atomic E-state index is 10.8. The molecule has 0 saturated heterocycles. The molecule has 3 heteroatoms. The fourth-order valence-corrected chi connectivity index (χ4v) is 2.02. The summed E-state index contributed by atoms with van der Waals surface area (Å²) in [5, 5.41) is 10.8. The fourth-order valence-electron chi connectivity index (χ4n) is 2.02. The van der Waals surface area contributed by atoms with Crippen molar-refractivity contribution in [2.24, 2.45) is 0 Å². The molecule has 0 radical (unpaired) electrons. The molecule has 1 aliphatic rings. The smallest absolute Gasteiger partial charge is 0.104 e. The van der Waals surface area contributed by atoms with Gasteiger partial charge in [-0.15, -0.1) is 0 Å². The van der Waals surface area contributed by atoms with Crippen LogP contribution in [0.4, 0.5) is 0 Å². The van der Waals surface area contributed by atoms with Crippen molar-refractivity contribution in [3.05, 3.63) is 52.8 Å². The maximum atomic E-state index is 10.8. The summed E-state index contributed by atoms with van der Waals surface area (Å²) in [6.45, 7) is 5.36. The summed E-state index contributed by atoms with van der Waals surface area (Å²) >= 11 is 0. The van der Waals surface area contributed by atoms with Crippen LogP contribution in [0.5, 0.6) is 0 Å². The van der Waals surface area contributed by atoms with Crippen molar-refractivity contribution in [3.8, 4) is 0 Å². The molecule has 0 saturated carbocycles. The molecule has 18 heavy (non-hydrogen) atoms. The third kappa shape index (κ3) is 2.88. The van der Waals surface area contributed by atoms with E-state index in [2.05, 4.69) is 12.1 Å². The Morgan fingerprint density at radius 1 is 1.11 bits per heavy atom. The first-order valence-electron chi connectivity index (χ1n) is 6.01. The van der Waals surface area contributed by atoms with Crippen LogP contribution in [0, 0.1) is 5.21 Å². The Morgan fingerprint density at radius 2 is 1.61 bits per heavy atom. The molecular formula is C15H18NO2-. The summed E-state index contributed by atoms with van der Waals surface area (Å²) < 4.78 is 5.83. The van der Waals surface area contributed by atoms with E-state index in [4.69, 9.17) is 4.74 Å². The summed E-state index contributed by atoms with van der Waals surface area (Å²) in [4.78, 5) is 0. The third-order valence-corrected chi connectivity index (χ3v) is 2.90.